The molecule has 4 nitrogen and oxygen atoms in total. The first-order valence-electron chi connectivity index (χ1n) is 5.65. The summed E-state index contributed by atoms with van der Waals surface area (Å²) in [6.07, 6.45) is 3.61. The van der Waals surface area contributed by atoms with Crippen molar-refractivity contribution >= 4 is 5.69 Å². The van der Waals surface area contributed by atoms with Crippen molar-refractivity contribution in [2.75, 3.05) is 19.0 Å². The molecule has 4 heteroatoms. The van der Waals surface area contributed by atoms with Gasteiger partial charge in [0.2, 0.25) is 0 Å². The van der Waals surface area contributed by atoms with Crippen LogP contribution in [0.1, 0.15) is 18.7 Å². The molecule has 1 aromatic heterocycles. The van der Waals surface area contributed by atoms with E-state index in [1.165, 1.54) is 0 Å². The molecule has 0 bridgehead atoms. The van der Waals surface area contributed by atoms with Crippen LogP contribution in [0.4, 0.5) is 5.69 Å². The second kappa shape index (κ2) is 4.59. The van der Waals surface area contributed by atoms with Gasteiger partial charge in [-0.25, -0.2) is 4.98 Å². The van der Waals surface area contributed by atoms with Gasteiger partial charge < -0.3 is 15.2 Å². The first kappa shape index (κ1) is 11.7. The molecule has 0 saturated heterocycles. The van der Waals surface area contributed by atoms with Crippen LogP contribution in [0, 0.1) is 0 Å². The average Bonchev–Trinajstić information content (AvgIpc) is 2.78. The van der Waals surface area contributed by atoms with E-state index in [4.69, 9.17) is 5.73 Å². The van der Waals surface area contributed by atoms with Crippen LogP contribution in [0.5, 0.6) is 0 Å². The number of nitrogens with two attached hydrogens (primary N) is 1. The van der Waals surface area contributed by atoms with Crippen molar-refractivity contribution < 1.29 is 0 Å². The normalized spacial score (nSPS) is 12.5. The van der Waals surface area contributed by atoms with Gasteiger partial charge in [-0.3, -0.25) is 0 Å². The fraction of sp³-hybridized carbons (Fsp3) is 0.308. The first-order valence-corrected chi connectivity index (χ1v) is 5.65. The van der Waals surface area contributed by atoms with Crippen LogP contribution < -0.4 is 10.6 Å². The van der Waals surface area contributed by atoms with Crippen LogP contribution in [0.15, 0.2) is 36.8 Å². The van der Waals surface area contributed by atoms with Crippen molar-refractivity contribution in [2.24, 2.45) is 5.73 Å². The zero-order chi connectivity index (χ0) is 12.4. The standard InChI is InChI=1S/C13H18N4/c1-10(14)13-8-15-9-17(13)12-6-4-5-11(7-12)16(2)3/h4-10H,14H2,1-3H3. The Morgan fingerprint density at radius 3 is 2.76 bits per heavy atom. The van der Waals surface area contributed by atoms with E-state index in [-0.39, 0.29) is 6.04 Å². The van der Waals surface area contributed by atoms with Gasteiger partial charge in [-0.1, -0.05) is 6.07 Å². The molecule has 2 N–H and O–H groups in total. The van der Waals surface area contributed by atoms with Crippen LogP contribution >= 0.6 is 0 Å². The van der Waals surface area contributed by atoms with Gasteiger partial charge in [0.1, 0.15) is 0 Å². The Hall–Kier alpha value is -1.81. The smallest absolute Gasteiger partial charge is 0.0994 e. The van der Waals surface area contributed by atoms with Crippen molar-refractivity contribution in [1.29, 1.82) is 0 Å². The third-order valence-electron chi connectivity index (χ3n) is 2.76. The van der Waals surface area contributed by atoms with Crippen LogP contribution in [-0.4, -0.2) is 23.6 Å². The highest BCUT2D eigenvalue weighted by molar-refractivity contribution is 5.52. The van der Waals surface area contributed by atoms with Gasteiger partial charge >= 0.3 is 0 Å². The molecule has 1 atom stereocenters. The van der Waals surface area contributed by atoms with E-state index in [2.05, 4.69) is 28.1 Å². The lowest BCUT2D eigenvalue weighted by molar-refractivity contribution is 0.752. The number of aromatic nitrogens is 2. The predicted octanol–water partition coefficient (Wildman–Crippen LogP) is 1.96. The van der Waals surface area contributed by atoms with Crippen molar-refractivity contribution in [2.45, 2.75) is 13.0 Å². The fourth-order valence-electron chi connectivity index (χ4n) is 1.78. The molecule has 17 heavy (non-hydrogen) atoms. The summed E-state index contributed by atoms with van der Waals surface area (Å²) in [7, 11) is 4.05. The molecular weight excluding hydrogens is 212 g/mol. The zero-order valence-corrected chi connectivity index (χ0v) is 10.5. The molecule has 1 aromatic carbocycles. The number of anilines is 1. The molecule has 0 amide bonds. The van der Waals surface area contributed by atoms with Gasteiger partial charge in [0, 0.05) is 31.5 Å². The van der Waals surface area contributed by atoms with Crippen LogP contribution in [0.25, 0.3) is 5.69 Å². The second-order valence-electron chi connectivity index (χ2n) is 4.39. The first-order chi connectivity index (χ1) is 8.09. The molecule has 0 aliphatic rings. The topological polar surface area (TPSA) is 47.1 Å². The number of hydrogen-bond donors (Lipinski definition) is 1. The third-order valence-corrected chi connectivity index (χ3v) is 2.76. The summed E-state index contributed by atoms with van der Waals surface area (Å²) in [5.41, 5.74) is 9.18. The highest BCUT2D eigenvalue weighted by Gasteiger charge is 2.08. The Kier molecular flexibility index (Phi) is 3.15. The number of rotatable bonds is 3. The van der Waals surface area contributed by atoms with E-state index in [0.29, 0.717) is 0 Å². The van der Waals surface area contributed by atoms with E-state index < -0.39 is 0 Å². The largest absolute Gasteiger partial charge is 0.378 e. The molecule has 90 valence electrons. The average molecular weight is 230 g/mol. The lowest BCUT2D eigenvalue weighted by Crippen LogP contribution is -2.12. The summed E-state index contributed by atoms with van der Waals surface area (Å²) in [4.78, 5) is 6.24. The van der Waals surface area contributed by atoms with Crippen molar-refractivity contribution in [3.05, 3.63) is 42.5 Å². The monoisotopic (exact) mass is 230 g/mol. The number of benzene rings is 1. The maximum absolute atomic E-state index is 5.92. The summed E-state index contributed by atoms with van der Waals surface area (Å²) in [5, 5.41) is 0. The third kappa shape index (κ3) is 2.31. The number of nitrogens with zero attached hydrogens (tertiary/aromatic N) is 3. The number of imidazole rings is 1. The molecule has 1 heterocycles. The fourth-order valence-corrected chi connectivity index (χ4v) is 1.78. The second-order valence-corrected chi connectivity index (χ2v) is 4.39. The molecule has 0 saturated carbocycles. The zero-order valence-electron chi connectivity index (χ0n) is 10.5. The Bertz CT molecular complexity index is 500. The summed E-state index contributed by atoms with van der Waals surface area (Å²) < 4.78 is 2.03. The van der Waals surface area contributed by atoms with E-state index in [1.807, 2.05) is 37.8 Å². The van der Waals surface area contributed by atoms with Crippen LogP contribution in [-0.2, 0) is 0 Å². The molecule has 2 rings (SSSR count). The van der Waals surface area contributed by atoms with E-state index in [1.54, 1.807) is 6.33 Å². The predicted molar refractivity (Wildman–Crippen MR) is 70.5 cm³/mol. The minimum Gasteiger partial charge on any atom is -0.378 e. The lowest BCUT2D eigenvalue weighted by Gasteiger charge is -2.15. The molecule has 0 aliphatic carbocycles. The maximum Gasteiger partial charge on any atom is 0.0994 e. The van der Waals surface area contributed by atoms with Crippen LogP contribution in [0.3, 0.4) is 0 Å². The molecule has 0 radical (unpaired) electrons. The SMILES string of the molecule is CC(N)c1cncn1-c1cccc(N(C)C)c1. The van der Waals surface area contributed by atoms with Crippen LogP contribution in [0.2, 0.25) is 0 Å². The molecular formula is C13H18N4. The van der Waals surface area contributed by atoms with E-state index >= 15 is 0 Å². The summed E-state index contributed by atoms with van der Waals surface area (Å²) in [5.74, 6) is 0. The Morgan fingerprint density at radius 2 is 2.12 bits per heavy atom. The molecule has 1 unspecified atom stereocenters. The summed E-state index contributed by atoms with van der Waals surface area (Å²) in [6, 6.07) is 8.26. The van der Waals surface area contributed by atoms with Gasteiger partial charge in [-0.05, 0) is 25.1 Å². The number of hydrogen-bond acceptors (Lipinski definition) is 3. The highest BCUT2D eigenvalue weighted by atomic mass is 15.1. The molecule has 0 aliphatic heterocycles. The lowest BCUT2D eigenvalue weighted by atomic mass is 10.2. The maximum atomic E-state index is 5.92. The minimum absolute atomic E-state index is 0.0273. The summed E-state index contributed by atoms with van der Waals surface area (Å²) >= 11 is 0. The Labute approximate surface area is 102 Å². The van der Waals surface area contributed by atoms with Crippen molar-refractivity contribution in [3.8, 4) is 5.69 Å². The van der Waals surface area contributed by atoms with Gasteiger partial charge in [0.05, 0.1) is 18.2 Å². The summed E-state index contributed by atoms with van der Waals surface area (Å²) in [6.45, 7) is 1.96. The van der Waals surface area contributed by atoms with Gasteiger partial charge in [0.15, 0.2) is 0 Å². The molecule has 0 fully saturated rings. The van der Waals surface area contributed by atoms with E-state index in [0.717, 1.165) is 17.1 Å². The quantitative estimate of drug-likeness (QED) is 0.876. The van der Waals surface area contributed by atoms with Crippen molar-refractivity contribution in [1.82, 2.24) is 9.55 Å². The van der Waals surface area contributed by atoms with Gasteiger partial charge in [0.25, 0.3) is 0 Å². The molecule has 0 spiro atoms. The van der Waals surface area contributed by atoms with Crippen molar-refractivity contribution in [3.63, 3.8) is 0 Å². The Balaban J connectivity index is 2.46. The molecule has 2 aromatic rings. The van der Waals surface area contributed by atoms with Gasteiger partial charge in [-0.15, -0.1) is 0 Å². The van der Waals surface area contributed by atoms with Gasteiger partial charge in [-0.2, -0.15) is 0 Å². The highest BCUT2D eigenvalue weighted by Crippen LogP contribution is 2.20. The van der Waals surface area contributed by atoms with E-state index in [9.17, 15) is 0 Å². The Morgan fingerprint density at radius 1 is 1.35 bits per heavy atom. The minimum atomic E-state index is -0.0273.